The molecule has 0 amide bonds. The third kappa shape index (κ3) is 4.86. The maximum Gasteiger partial charge on any atom is 0.337 e. The van der Waals surface area contributed by atoms with Gasteiger partial charge >= 0.3 is 11.9 Å². The van der Waals surface area contributed by atoms with Crippen molar-refractivity contribution in [3.05, 3.63) is 46.3 Å². The Bertz CT molecular complexity index is 1110. The average Bonchev–Trinajstić information content (AvgIpc) is 3.11. The molecule has 194 valence electrons. The molecule has 3 atom stereocenters. The summed E-state index contributed by atoms with van der Waals surface area (Å²) in [4.78, 5) is 40.1. The number of aromatic hydroxyl groups is 1. The second-order valence-electron chi connectivity index (χ2n) is 9.99. The highest BCUT2D eigenvalue weighted by molar-refractivity contribution is 6.12. The van der Waals surface area contributed by atoms with Gasteiger partial charge in [-0.2, -0.15) is 0 Å². The molecule has 8 nitrogen and oxygen atoms in total. The minimum Gasteiger partial charge on any atom is -0.504 e. The number of ether oxygens (including phenoxy) is 3. The lowest BCUT2D eigenvalue weighted by Gasteiger charge is -2.38. The van der Waals surface area contributed by atoms with Gasteiger partial charge in [0.1, 0.15) is 12.0 Å². The molecule has 0 radical (unpaired) electrons. The van der Waals surface area contributed by atoms with Crippen molar-refractivity contribution < 1.29 is 33.7 Å². The van der Waals surface area contributed by atoms with Crippen LogP contribution in [0, 0.1) is 11.8 Å². The van der Waals surface area contributed by atoms with Crippen LogP contribution in [0.3, 0.4) is 0 Å². The highest BCUT2D eigenvalue weighted by Crippen LogP contribution is 2.47. The molecular weight excluding hydrogens is 462 g/mol. The second kappa shape index (κ2) is 10.8. The Labute approximate surface area is 211 Å². The SMILES string of the molecule is COC(=O)[C@H]1C(=O)C2=C(C[C@@H]1C)NC(C)=C(C(=O)OC1CCCCCC1)[C@@H]2c1ccc(O)c(OC)c1. The van der Waals surface area contributed by atoms with Gasteiger partial charge in [0.05, 0.1) is 19.8 Å². The number of carbonyl (C=O) groups excluding carboxylic acids is 3. The first kappa shape index (κ1) is 25.8. The Hall–Kier alpha value is -3.29. The fourth-order valence-corrected chi connectivity index (χ4v) is 5.73. The van der Waals surface area contributed by atoms with E-state index in [9.17, 15) is 19.5 Å². The predicted octanol–water partition coefficient (Wildman–Crippen LogP) is 4.28. The number of hydrogen-bond donors (Lipinski definition) is 2. The first-order chi connectivity index (χ1) is 17.3. The van der Waals surface area contributed by atoms with E-state index in [2.05, 4.69) is 5.32 Å². The van der Waals surface area contributed by atoms with E-state index in [0.717, 1.165) is 38.5 Å². The van der Waals surface area contributed by atoms with Gasteiger partial charge in [0.15, 0.2) is 17.3 Å². The van der Waals surface area contributed by atoms with Crippen LogP contribution in [0.2, 0.25) is 0 Å². The summed E-state index contributed by atoms with van der Waals surface area (Å²) in [5.74, 6) is -3.26. The molecule has 1 fully saturated rings. The zero-order valence-corrected chi connectivity index (χ0v) is 21.4. The van der Waals surface area contributed by atoms with E-state index in [4.69, 9.17) is 14.2 Å². The minimum absolute atomic E-state index is 0.0521. The summed E-state index contributed by atoms with van der Waals surface area (Å²) < 4.78 is 16.3. The molecule has 1 aromatic carbocycles. The number of hydrogen-bond acceptors (Lipinski definition) is 8. The Morgan fingerprint density at radius 2 is 1.78 bits per heavy atom. The standard InChI is InChI=1S/C28H35NO7/c1-15-13-19-25(26(31)22(15)27(32)35-4)24(17-11-12-20(30)21(14-17)34-3)23(16(2)29-19)28(33)36-18-9-7-5-6-8-10-18/h11-12,14-15,18,22,24,29-30H,5-10,13H2,1-4H3/t15-,22+,24-/m0/s1. The Balaban J connectivity index is 1.80. The molecule has 0 aromatic heterocycles. The third-order valence-electron chi connectivity index (χ3n) is 7.58. The third-order valence-corrected chi connectivity index (χ3v) is 7.58. The number of ketones is 1. The number of phenols is 1. The fraction of sp³-hybridized carbons (Fsp3) is 0.536. The summed E-state index contributed by atoms with van der Waals surface area (Å²) in [5.41, 5.74) is 2.58. The molecule has 1 heterocycles. The number of carbonyl (C=O) groups is 3. The summed E-state index contributed by atoms with van der Waals surface area (Å²) in [6.45, 7) is 3.65. The van der Waals surface area contributed by atoms with Crippen molar-refractivity contribution in [3.63, 3.8) is 0 Å². The molecule has 0 spiro atoms. The maximum absolute atomic E-state index is 13.8. The highest BCUT2D eigenvalue weighted by atomic mass is 16.5. The molecule has 1 saturated carbocycles. The quantitative estimate of drug-likeness (QED) is 0.352. The molecule has 0 saturated heterocycles. The van der Waals surface area contributed by atoms with Gasteiger partial charge in [0.2, 0.25) is 0 Å². The van der Waals surface area contributed by atoms with Gasteiger partial charge in [-0.25, -0.2) is 4.79 Å². The Morgan fingerprint density at radius 3 is 2.42 bits per heavy atom. The number of benzene rings is 1. The van der Waals surface area contributed by atoms with Crippen LogP contribution in [-0.4, -0.2) is 43.2 Å². The summed E-state index contributed by atoms with van der Waals surface area (Å²) in [5, 5.41) is 13.5. The van der Waals surface area contributed by atoms with Crippen LogP contribution in [0.1, 0.15) is 70.3 Å². The van der Waals surface area contributed by atoms with E-state index < -0.39 is 23.8 Å². The molecule has 0 unspecified atom stereocenters. The number of esters is 2. The van der Waals surface area contributed by atoms with Gasteiger partial charge < -0.3 is 24.6 Å². The topological polar surface area (TPSA) is 111 Å². The van der Waals surface area contributed by atoms with E-state index in [-0.39, 0.29) is 29.3 Å². The van der Waals surface area contributed by atoms with Crippen LogP contribution >= 0.6 is 0 Å². The van der Waals surface area contributed by atoms with Crippen molar-refractivity contribution in [2.75, 3.05) is 14.2 Å². The minimum atomic E-state index is -0.963. The van der Waals surface area contributed by atoms with Gasteiger partial charge in [0.25, 0.3) is 0 Å². The number of phenolic OH excluding ortho intramolecular Hbond substituents is 1. The van der Waals surface area contributed by atoms with Crippen LogP contribution in [-0.2, 0) is 23.9 Å². The zero-order chi connectivity index (χ0) is 26.0. The largest absolute Gasteiger partial charge is 0.504 e. The Kier molecular flexibility index (Phi) is 7.71. The first-order valence-electron chi connectivity index (χ1n) is 12.7. The zero-order valence-electron chi connectivity index (χ0n) is 21.4. The number of nitrogens with one attached hydrogen (secondary N) is 1. The van der Waals surface area contributed by atoms with Crippen molar-refractivity contribution in [2.45, 2.75) is 70.8 Å². The molecule has 1 aromatic rings. The smallest absolute Gasteiger partial charge is 0.337 e. The summed E-state index contributed by atoms with van der Waals surface area (Å²) in [7, 11) is 2.71. The summed E-state index contributed by atoms with van der Waals surface area (Å²) >= 11 is 0. The normalized spacial score (nSPS) is 25.0. The molecule has 3 aliphatic rings. The molecule has 4 rings (SSSR count). The predicted molar refractivity (Wildman–Crippen MR) is 132 cm³/mol. The lowest BCUT2D eigenvalue weighted by Crippen LogP contribution is -2.43. The maximum atomic E-state index is 13.8. The van der Waals surface area contributed by atoms with Crippen LogP contribution in [0.15, 0.2) is 40.7 Å². The number of Topliss-reactive ketones (excluding diaryl/α,β-unsaturated/α-hetero) is 1. The monoisotopic (exact) mass is 497 g/mol. The lowest BCUT2D eigenvalue weighted by molar-refractivity contribution is -0.151. The molecule has 2 N–H and O–H groups in total. The van der Waals surface area contributed by atoms with Crippen molar-refractivity contribution in [1.82, 2.24) is 5.32 Å². The van der Waals surface area contributed by atoms with E-state index >= 15 is 0 Å². The molecule has 1 aliphatic heterocycles. The molecule has 8 heteroatoms. The van der Waals surface area contributed by atoms with Crippen molar-refractivity contribution in [1.29, 1.82) is 0 Å². The van der Waals surface area contributed by atoms with Crippen molar-refractivity contribution in [3.8, 4) is 11.5 Å². The van der Waals surface area contributed by atoms with Crippen molar-refractivity contribution >= 4 is 17.7 Å². The van der Waals surface area contributed by atoms with Gasteiger partial charge in [-0.15, -0.1) is 0 Å². The van der Waals surface area contributed by atoms with Gasteiger partial charge in [-0.1, -0.05) is 25.8 Å². The fourth-order valence-electron chi connectivity index (χ4n) is 5.73. The number of rotatable bonds is 5. The number of allylic oxidation sites excluding steroid dienone is 3. The van der Waals surface area contributed by atoms with Gasteiger partial charge in [-0.05, 0) is 62.6 Å². The van der Waals surface area contributed by atoms with E-state index in [1.54, 1.807) is 19.1 Å². The van der Waals surface area contributed by atoms with Crippen molar-refractivity contribution in [2.24, 2.45) is 11.8 Å². The van der Waals surface area contributed by atoms with Gasteiger partial charge in [-0.3, -0.25) is 9.59 Å². The Morgan fingerprint density at radius 1 is 1.08 bits per heavy atom. The molecule has 0 bridgehead atoms. The van der Waals surface area contributed by atoms with E-state index in [0.29, 0.717) is 34.5 Å². The molecule has 2 aliphatic carbocycles. The van der Waals surface area contributed by atoms with Gasteiger partial charge in [0, 0.05) is 22.9 Å². The van der Waals surface area contributed by atoms with Crippen LogP contribution < -0.4 is 10.1 Å². The summed E-state index contributed by atoms with van der Waals surface area (Å²) in [6.07, 6.45) is 6.20. The summed E-state index contributed by atoms with van der Waals surface area (Å²) in [6, 6.07) is 4.78. The lowest BCUT2D eigenvalue weighted by atomic mass is 9.69. The molecular formula is C28H35NO7. The first-order valence-corrected chi connectivity index (χ1v) is 12.7. The second-order valence-corrected chi connectivity index (χ2v) is 9.99. The van der Waals surface area contributed by atoms with Crippen LogP contribution in [0.5, 0.6) is 11.5 Å². The highest BCUT2D eigenvalue weighted by Gasteiger charge is 2.47. The van der Waals surface area contributed by atoms with E-state index in [1.165, 1.54) is 20.3 Å². The van der Waals surface area contributed by atoms with E-state index in [1.807, 2.05) is 6.92 Å². The van der Waals surface area contributed by atoms with Crippen LogP contribution in [0.25, 0.3) is 0 Å². The number of dihydropyridines is 1. The molecule has 36 heavy (non-hydrogen) atoms. The van der Waals surface area contributed by atoms with Crippen LogP contribution in [0.4, 0.5) is 0 Å². The number of methoxy groups -OCH3 is 2. The average molecular weight is 498 g/mol.